The molecule has 2 aliphatic carbocycles. The molecule has 0 fully saturated rings. The van der Waals surface area contributed by atoms with E-state index >= 15 is 0 Å². The first-order chi connectivity index (χ1) is 23.1. The molecule has 1 aromatic rings. The van der Waals surface area contributed by atoms with Crippen LogP contribution in [0.1, 0.15) is 148 Å². The number of aliphatic hydroxyl groups is 1. The Morgan fingerprint density at radius 3 is 2.10 bits per heavy atom. The molecule has 0 unspecified atom stereocenters. The fraction of sp³-hybridized carbons (Fsp3) is 0.750. The Morgan fingerprint density at radius 1 is 0.958 bits per heavy atom. The largest absolute Gasteiger partial charge is 0.493 e. The van der Waals surface area contributed by atoms with Crippen molar-refractivity contribution >= 4 is 11.9 Å². The maximum Gasteiger partial charge on any atom is 0.352 e. The molecule has 3 aliphatic rings. The minimum absolute atomic E-state index is 0.154. The number of hydrogen-bond donors (Lipinski definition) is 1. The van der Waals surface area contributed by atoms with Gasteiger partial charge in [0, 0.05) is 24.4 Å². The summed E-state index contributed by atoms with van der Waals surface area (Å²) in [6, 6.07) is 3.80. The summed E-state index contributed by atoms with van der Waals surface area (Å²) in [4.78, 5) is 28.0. The molecule has 0 radical (unpaired) electrons. The van der Waals surface area contributed by atoms with Crippen LogP contribution >= 0.6 is 0 Å². The van der Waals surface area contributed by atoms with Crippen molar-refractivity contribution in [1.29, 1.82) is 0 Å². The predicted molar refractivity (Wildman–Crippen MR) is 189 cm³/mol. The van der Waals surface area contributed by atoms with Gasteiger partial charge in [0.1, 0.15) is 5.76 Å². The van der Waals surface area contributed by atoms with Gasteiger partial charge < -0.3 is 29.0 Å². The lowest BCUT2D eigenvalue weighted by Crippen LogP contribution is -2.69. The van der Waals surface area contributed by atoms with E-state index < -0.39 is 29.2 Å². The van der Waals surface area contributed by atoms with Crippen LogP contribution in [0.25, 0.3) is 0 Å². The molecule has 1 heterocycles. The zero-order valence-corrected chi connectivity index (χ0v) is 30.7. The van der Waals surface area contributed by atoms with E-state index in [1.165, 1.54) is 77.0 Å². The molecule has 270 valence electrons. The van der Waals surface area contributed by atoms with E-state index in [1.54, 1.807) is 20.1 Å². The Balaban J connectivity index is 1.20. The molecule has 0 saturated carbocycles. The molecule has 8 nitrogen and oxygen atoms in total. The molecule has 0 amide bonds. The summed E-state index contributed by atoms with van der Waals surface area (Å²) in [5.41, 5.74) is -0.0239. The highest BCUT2D eigenvalue weighted by Crippen LogP contribution is 2.62. The summed E-state index contributed by atoms with van der Waals surface area (Å²) in [5, 5.41) is 12.4. The summed E-state index contributed by atoms with van der Waals surface area (Å²) < 4.78 is 23.5. The minimum Gasteiger partial charge on any atom is -0.493 e. The second kappa shape index (κ2) is 17.9. The standard InChI is InChI=1S/C40H63NO7/c1-7-9-10-11-12-13-14-15-16-17-18-19-20-21-22-23-34(42)46-29(3)38(43)47-32-26-27-40(44)33(41(5)8-2)28-30-24-25-31(45-6)36-35(30)39(40,4)37(32)48-36/h24-26,29,33,37,44H,7-23,27-28H2,1-6H3/t29-,33+,37-,39-,40+/m0/s1. The zero-order valence-electron chi connectivity index (χ0n) is 30.7. The van der Waals surface area contributed by atoms with E-state index in [0.717, 1.165) is 36.9 Å². The van der Waals surface area contributed by atoms with Crippen molar-refractivity contribution in [3.63, 3.8) is 0 Å². The smallest absolute Gasteiger partial charge is 0.352 e. The second-order valence-electron chi connectivity index (χ2n) is 14.6. The number of carbonyl (C=O) groups excluding carboxylic acids is 2. The van der Waals surface area contributed by atoms with Gasteiger partial charge in [-0.2, -0.15) is 0 Å². The van der Waals surface area contributed by atoms with E-state index in [2.05, 4.69) is 24.8 Å². The number of methoxy groups -OCH3 is 1. The number of carbonyl (C=O) groups is 2. The third kappa shape index (κ3) is 8.40. The average Bonchev–Trinajstić information content (AvgIpc) is 3.41. The van der Waals surface area contributed by atoms with E-state index in [-0.39, 0.29) is 12.0 Å². The van der Waals surface area contributed by atoms with Crippen LogP contribution in [-0.4, -0.2) is 66.5 Å². The third-order valence-corrected chi connectivity index (χ3v) is 11.3. The second-order valence-corrected chi connectivity index (χ2v) is 14.6. The van der Waals surface area contributed by atoms with Crippen LogP contribution in [0.4, 0.5) is 0 Å². The van der Waals surface area contributed by atoms with Crippen LogP contribution in [0.5, 0.6) is 11.5 Å². The molecule has 5 atom stereocenters. The number of esters is 2. The molecule has 1 N–H and O–H groups in total. The Bertz CT molecular complexity index is 1250. The minimum atomic E-state index is -1.16. The number of unbranched alkanes of at least 4 members (excludes halogenated alkanes) is 14. The van der Waals surface area contributed by atoms with Crippen molar-refractivity contribution in [2.75, 3.05) is 20.7 Å². The number of likely N-dealkylation sites (N-methyl/N-ethyl adjacent to an activating group) is 1. The number of benzene rings is 1. The first kappa shape index (κ1) is 38.2. The van der Waals surface area contributed by atoms with Gasteiger partial charge in [0.15, 0.2) is 23.7 Å². The highest BCUT2D eigenvalue weighted by Gasteiger charge is 2.68. The van der Waals surface area contributed by atoms with Gasteiger partial charge in [0.2, 0.25) is 0 Å². The van der Waals surface area contributed by atoms with Gasteiger partial charge in [-0.3, -0.25) is 4.79 Å². The first-order valence-electron chi connectivity index (χ1n) is 19.0. The monoisotopic (exact) mass is 669 g/mol. The van der Waals surface area contributed by atoms with Gasteiger partial charge >= 0.3 is 11.9 Å². The van der Waals surface area contributed by atoms with Crippen LogP contribution in [0.2, 0.25) is 0 Å². The molecule has 1 aromatic carbocycles. The molecular formula is C40H63NO7. The molecular weight excluding hydrogens is 606 g/mol. The van der Waals surface area contributed by atoms with Crippen LogP contribution < -0.4 is 9.47 Å². The lowest BCUT2D eigenvalue weighted by molar-refractivity contribution is -0.167. The normalized spacial score (nSPS) is 24.5. The van der Waals surface area contributed by atoms with E-state index in [9.17, 15) is 14.7 Å². The van der Waals surface area contributed by atoms with Crippen molar-refractivity contribution in [2.24, 2.45) is 0 Å². The van der Waals surface area contributed by atoms with Crippen molar-refractivity contribution in [3.8, 4) is 11.5 Å². The topological polar surface area (TPSA) is 94.5 Å². The van der Waals surface area contributed by atoms with Crippen molar-refractivity contribution in [1.82, 2.24) is 4.90 Å². The van der Waals surface area contributed by atoms with Gasteiger partial charge in [-0.05, 0) is 58.0 Å². The predicted octanol–water partition coefficient (Wildman–Crippen LogP) is 8.35. The summed E-state index contributed by atoms with van der Waals surface area (Å²) in [6.07, 6.45) is 20.2. The molecule has 0 saturated heterocycles. The summed E-state index contributed by atoms with van der Waals surface area (Å²) in [5.74, 6) is 0.474. The van der Waals surface area contributed by atoms with Crippen LogP contribution in [0.3, 0.4) is 0 Å². The molecule has 0 aromatic heterocycles. The van der Waals surface area contributed by atoms with E-state index in [4.69, 9.17) is 18.9 Å². The zero-order chi connectivity index (χ0) is 34.7. The fourth-order valence-electron chi connectivity index (χ4n) is 8.19. The van der Waals surface area contributed by atoms with E-state index in [0.29, 0.717) is 36.5 Å². The van der Waals surface area contributed by atoms with Gasteiger partial charge in [-0.25, -0.2) is 4.79 Å². The van der Waals surface area contributed by atoms with Crippen molar-refractivity contribution < 1.29 is 33.6 Å². The number of hydrogen-bond acceptors (Lipinski definition) is 8. The Hall–Kier alpha value is -2.58. The fourth-order valence-corrected chi connectivity index (χ4v) is 8.19. The average molecular weight is 670 g/mol. The maximum atomic E-state index is 13.2. The molecule has 8 heteroatoms. The van der Waals surface area contributed by atoms with Crippen molar-refractivity contribution in [2.45, 2.75) is 173 Å². The quantitative estimate of drug-likeness (QED) is 0.0973. The number of rotatable bonds is 22. The molecule has 0 spiro atoms. The van der Waals surface area contributed by atoms with Gasteiger partial charge in [-0.15, -0.1) is 0 Å². The highest BCUT2D eigenvalue weighted by molar-refractivity contribution is 5.80. The Labute approximate surface area is 289 Å². The van der Waals surface area contributed by atoms with Crippen molar-refractivity contribution in [3.05, 3.63) is 35.1 Å². The summed E-state index contributed by atoms with van der Waals surface area (Å²) in [7, 11) is 3.63. The lowest BCUT2D eigenvalue weighted by Gasteiger charge is -2.56. The first-order valence-corrected chi connectivity index (χ1v) is 19.0. The van der Waals surface area contributed by atoms with Crippen LogP contribution in [0, 0.1) is 0 Å². The van der Waals surface area contributed by atoms with Crippen LogP contribution in [-0.2, 0) is 30.9 Å². The summed E-state index contributed by atoms with van der Waals surface area (Å²) in [6.45, 7) is 8.68. The molecule has 1 aliphatic heterocycles. The third-order valence-electron chi connectivity index (χ3n) is 11.3. The maximum absolute atomic E-state index is 13.2. The summed E-state index contributed by atoms with van der Waals surface area (Å²) >= 11 is 0. The number of nitrogens with zero attached hydrogens (tertiary/aromatic N) is 1. The van der Waals surface area contributed by atoms with Gasteiger partial charge in [0.25, 0.3) is 0 Å². The Kier molecular flexibility index (Phi) is 14.2. The number of ether oxygens (including phenoxy) is 4. The highest BCUT2D eigenvalue weighted by atomic mass is 16.6. The molecule has 48 heavy (non-hydrogen) atoms. The molecule has 0 bridgehead atoms. The van der Waals surface area contributed by atoms with E-state index in [1.807, 2.05) is 20.0 Å². The SMILES string of the molecule is CCCCCCCCCCCCCCCCCC(=O)O[C@@H](C)C(=O)OC1=CC[C@@]2(O)[C@H](N(C)CC)Cc3ccc(OC)c4c3[C@@]2(C)[C@H]1O4. The molecule has 4 rings (SSSR count). The van der Waals surface area contributed by atoms with Gasteiger partial charge in [-0.1, -0.05) is 110 Å². The Morgan fingerprint density at radius 2 is 1.54 bits per heavy atom. The van der Waals surface area contributed by atoms with Gasteiger partial charge in [0.05, 0.1) is 18.1 Å². The lowest BCUT2D eigenvalue weighted by atomic mass is 9.54. The van der Waals surface area contributed by atoms with Crippen LogP contribution in [0.15, 0.2) is 24.0 Å².